The number of aromatic nitrogens is 1. The summed E-state index contributed by atoms with van der Waals surface area (Å²) < 4.78 is -0.726. The summed E-state index contributed by atoms with van der Waals surface area (Å²) in [7, 11) is 2.54. The Morgan fingerprint density at radius 2 is 1.51 bits per heavy atom. The molecule has 78 heavy (non-hydrogen) atoms. The molecule has 11 amide bonds. The lowest BCUT2D eigenvalue weighted by atomic mass is 9.85. The second kappa shape index (κ2) is 29.6. The zero-order valence-corrected chi connectivity index (χ0v) is 45.7. The SMILES string of the molecule is CC[C@H](C)[C@H]1NC(=O)[C@@H](Cc2c[nH]c3ccccc23)NC(=O)CC2(CCCCC2)SSC[C@@H](C(=O)N2CCC[C@H]2C(=O)N[C@@H](CCCN=C(N)N)C(=O)NCC(N)=O)NC(=O)[C@H](CC(N)=O)NC(=O)C(CCC(N)=O)NC1=O. The Labute approximate surface area is 459 Å². The van der Waals surface area contributed by atoms with Gasteiger partial charge in [0.05, 0.1) is 13.0 Å². The molecule has 5 rings (SSSR count). The van der Waals surface area contributed by atoms with E-state index in [1.165, 1.54) is 26.5 Å². The number of nitrogens with two attached hydrogens (primary N) is 5. The van der Waals surface area contributed by atoms with Crippen molar-refractivity contribution in [3.05, 3.63) is 36.0 Å². The zero-order chi connectivity index (χ0) is 57.1. The molecule has 2 aliphatic heterocycles. The summed E-state index contributed by atoms with van der Waals surface area (Å²) in [5.74, 6) is -9.80. The van der Waals surface area contributed by atoms with Crippen LogP contribution in [0.5, 0.6) is 0 Å². The first kappa shape index (κ1) is 61.7. The predicted molar refractivity (Wildman–Crippen MR) is 293 cm³/mol. The summed E-state index contributed by atoms with van der Waals surface area (Å²) in [4.78, 5) is 159. The summed E-state index contributed by atoms with van der Waals surface area (Å²) in [5, 5.41) is 19.4. The van der Waals surface area contributed by atoms with Crippen molar-refractivity contribution in [2.75, 3.05) is 25.4 Å². The largest absolute Gasteiger partial charge is 0.370 e. The van der Waals surface area contributed by atoms with Gasteiger partial charge in [-0.15, -0.1) is 0 Å². The molecule has 3 heterocycles. The Morgan fingerprint density at radius 1 is 0.821 bits per heavy atom. The highest BCUT2D eigenvalue weighted by molar-refractivity contribution is 8.77. The van der Waals surface area contributed by atoms with E-state index in [0.717, 1.165) is 35.7 Å². The van der Waals surface area contributed by atoms with Gasteiger partial charge in [-0.1, -0.05) is 79.3 Å². The van der Waals surface area contributed by atoms with E-state index in [-0.39, 0.29) is 63.3 Å². The number of primary amides is 3. The number of rotatable bonds is 19. The molecule has 1 aromatic carbocycles. The van der Waals surface area contributed by atoms with Crippen molar-refractivity contribution in [3.63, 3.8) is 0 Å². The zero-order valence-electron chi connectivity index (χ0n) is 44.0. The second-order valence-electron chi connectivity index (χ2n) is 20.1. The number of nitrogens with zero attached hydrogens (tertiary/aromatic N) is 2. The van der Waals surface area contributed by atoms with Crippen LogP contribution >= 0.6 is 21.6 Å². The molecule has 8 atom stereocenters. The summed E-state index contributed by atoms with van der Waals surface area (Å²) in [6, 6.07) is -2.17. The summed E-state index contributed by atoms with van der Waals surface area (Å²) in [5.41, 5.74) is 28.8. The van der Waals surface area contributed by atoms with Gasteiger partial charge in [-0.05, 0) is 62.5 Å². The smallest absolute Gasteiger partial charge is 0.246 e. The molecule has 1 saturated carbocycles. The van der Waals surface area contributed by atoms with Crippen LogP contribution in [-0.2, 0) is 59.2 Å². The molecular formula is C50H75N15O11S2. The number of amides is 11. The molecule has 28 heteroatoms. The first-order valence-corrected chi connectivity index (χ1v) is 28.6. The van der Waals surface area contributed by atoms with Gasteiger partial charge < -0.3 is 75.8 Å². The monoisotopic (exact) mass is 1130 g/mol. The maximum absolute atomic E-state index is 14.9. The van der Waals surface area contributed by atoms with Crippen LogP contribution in [0.2, 0.25) is 0 Å². The lowest BCUT2D eigenvalue weighted by molar-refractivity contribution is -0.142. The van der Waals surface area contributed by atoms with Crippen LogP contribution in [0, 0.1) is 5.92 Å². The molecule has 3 aliphatic rings. The normalized spacial score (nSPS) is 23.5. The van der Waals surface area contributed by atoms with Gasteiger partial charge >= 0.3 is 0 Å². The quantitative estimate of drug-likeness (QED) is 0.0311. The molecule has 428 valence electrons. The average Bonchev–Trinajstić information content (AvgIpc) is 4.07. The summed E-state index contributed by atoms with van der Waals surface area (Å²) >= 11 is 0. The third kappa shape index (κ3) is 18.3. The number of guanidine groups is 1. The van der Waals surface area contributed by atoms with Gasteiger partial charge in [-0.2, -0.15) is 0 Å². The maximum atomic E-state index is 14.9. The van der Waals surface area contributed by atoms with Crippen molar-refractivity contribution >= 4 is 103 Å². The molecular weight excluding hydrogens is 1050 g/mol. The number of carbonyl (C=O) groups is 11. The van der Waals surface area contributed by atoms with Crippen LogP contribution in [-0.4, -0.2) is 153 Å². The van der Waals surface area contributed by atoms with E-state index in [9.17, 15) is 52.7 Å². The van der Waals surface area contributed by atoms with Gasteiger partial charge in [0, 0.05) is 60.0 Å². The van der Waals surface area contributed by atoms with Crippen LogP contribution in [0.25, 0.3) is 10.9 Å². The van der Waals surface area contributed by atoms with Crippen molar-refractivity contribution in [2.24, 2.45) is 39.6 Å². The Bertz CT molecular complexity index is 2550. The predicted octanol–water partition coefficient (Wildman–Crippen LogP) is -2.06. The molecule has 1 spiro atoms. The fourth-order valence-electron chi connectivity index (χ4n) is 9.72. The maximum Gasteiger partial charge on any atom is 0.246 e. The number of carbonyl (C=O) groups excluding carboxylic acids is 11. The third-order valence-electron chi connectivity index (χ3n) is 14.1. The number of nitrogens with one attached hydrogen (secondary N) is 8. The molecule has 2 saturated heterocycles. The van der Waals surface area contributed by atoms with Gasteiger partial charge in [-0.25, -0.2) is 0 Å². The molecule has 2 aromatic rings. The van der Waals surface area contributed by atoms with Gasteiger partial charge in [0.25, 0.3) is 0 Å². The van der Waals surface area contributed by atoms with E-state index < -0.39 is 137 Å². The molecule has 3 fully saturated rings. The minimum absolute atomic E-state index is 0.0243. The molecule has 1 unspecified atom stereocenters. The Balaban J connectivity index is 1.53. The second-order valence-corrected chi connectivity index (χ2v) is 22.9. The van der Waals surface area contributed by atoms with Crippen molar-refractivity contribution in [1.29, 1.82) is 0 Å². The lowest BCUT2D eigenvalue weighted by Crippen LogP contribution is -2.61. The molecule has 18 N–H and O–H groups in total. The van der Waals surface area contributed by atoms with Crippen LogP contribution in [0.15, 0.2) is 35.5 Å². The topological polar surface area (TPSA) is 433 Å². The van der Waals surface area contributed by atoms with Gasteiger partial charge in [-0.3, -0.25) is 57.7 Å². The molecule has 1 aliphatic carbocycles. The molecule has 1 aromatic heterocycles. The van der Waals surface area contributed by atoms with E-state index in [0.29, 0.717) is 25.7 Å². The first-order valence-electron chi connectivity index (χ1n) is 26.3. The number of likely N-dealkylation sites (tertiary alicyclic amines) is 1. The highest BCUT2D eigenvalue weighted by Crippen LogP contribution is 2.48. The number of para-hydroxylation sites is 1. The van der Waals surface area contributed by atoms with E-state index in [1.807, 2.05) is 24.3 Å². The number of H-pyrrole nitrogens is 1. The summed E-state index contributed by atoms with van der Waals surface area (Å²) in [6.45, 7) is 3.14. The average molecular weight is 1130 g/mol. The van der Waals surface area contributed by atoms with E-state index >= 15 is 0 Å². The first-order chi connectivity index (χ1) is 37.1. The number of aromatic amines is 1. The van der Waals surface area contributed by atoms with Crippen molar-refractivity contribution in [3.8, 4) is 0 Å². The molecule has 0 radical (unpaired) electrons. The van der Waals surface area contributed by atoms with Gasteiger partial charge in [0.15, 0.2) is 5.96 Å². The number of hydrogen-bond acceptors (Lipinski definition) is 14. The van der Waals surface area contributed by atoms with E-state index in [1.54, 1.807) is 20.0 Å². The van der Waals surface area contributed by atoms with Crippen LogP contribution in [0.3, 0.4) is 0 Å². The highest BCUT2D eigenvalue weighted by Gasteiger charge is 2.42. The van der Waals surface area contributed by atoms with Gasteiger partial charge in [0.1, 0.15) is 42.3 Å². The van der Waals surface area contributed by atoms with E-state index in [2.05, 4.69) is 47.2 Å². The fraction of sp³-hybridized carbons (Fsp3) is 0.600. The third-order valence-corrected chi connectivity index (χ3v) is 17.4. The summed E-state index contributed by atoms with van der Waals surface area (Å²) in [6.07, 6.45) is 4.84. The molecule has 0 bridgehead atoms. The number of hydrogen-bond donors (Lipinski definition) is 13. The fourth-order valence-corrected chi connectivity index (χ4v) is 13.1. The number of aliphatic imine (C=N–C) groups is 1. The van der Waals surface area contributed by atoms with E-state index in [4.69, 9.17) is 28.7 Å². The van der Waals surface area contributed by atoms with Crippen molar-refractivity contribution < 1.29 is 52.7 Å². The standard InChI is InChI=1S/C50H75N15O11S2/c1-3-27(2)41-47(75)61-32(15-16-37(51)66)43(71)62-34(22-38(52)67)44(72)63-35(48(76)65-20-10-14-36(65)46(74)60-31(13-9-19-56-49(54)55)42(70)58-25-39(53)68)26-77-78-50(17-7-4-8-18-50)23-40(69)59-33(45(73)64-41)21-28-24-57-30-12-6-5-11-29(28)30/h5-6,11-12,24,27,31-36,41,57H,3-4,7-10,13-23,25-26H2,1-2H3,(H2,51,66)(H2,52,67)(H2,53,68)(H,58,70)(H,59,69)(H,60,74)(H,61,75)(H,62,71)(H,63,72)(H,64,73)(H4,54,55,56)/t27-,31-,32?,33+,34-,35-,36-,41+/m0/s1. The Kier molecular flexibility index (Phi) is 23.4. The number of benzene rings is 1. The lowest BCUT2D eigenvalue weighted by Gasteiger charge is -2.37. The Hall–Kier alpha value is -7.10. The van der Waals surface area contributed by atoms with Crippen molar-refractivity contribution in [2.45, 2.75) is 157 Å². The van der Waals surface area contributed by atoms with Gasteiger partial charge in [0.2, 0.25) is 65.0 Å². The van der Waals surface area contributed by atoms with Crippen LogP contribution in [0.4, 0.5) is 0 Å². The van der Waals surface area contributed by atoms with Crippen molar-refractivity contribution in [1.82, 2.24) is 47.1 Å². The van der Waals surface area contributed by atoms with Crippen LogP contribution < -0.4 is 65.9 Å². The minimum Gasteiger partial charge on any atom is -0.370 e. The minimum atomic E-state index is -1.75. The Morgan fingerprint density at radius 3 is 2.19 bits per heavy atom. The highest BCUT2D eigenvalue weighted by atomic mass is 33.1. The van der Waals surface area contributed by atoms with Crippen LogP contribution in [0.1, 0.15) is 109 Å². The number of fused-ring (bicyclic) bond motifs is 1. The molecule has 26 nitrogen and oxygen atoms in total.